The lowest BCUT2D eigenvalue weighted by atomic mass is 9.97. The molecule has 1 fully saturated rings. The molecule has 2 bridgehead atoms. The average Bonchev–Trinajstić information content (AvgIpc) is 2.60. The molecule has 11 heavy (non-hydrogen) atoms. The van der Waals surface area contributed by atoms with Crippen molar-refractivity contribution in [2.75, 3.05) is 0 Å². The molecule has 0 N–H and O–H groups in total. The summed E-state index contributed by atoms with van der Waals surface area (Å²) in [5.74, 6) is 0.442. The quantitative estimate of drug-likeness (QED) is 0.509. The van der Waals surface area contributed by atoms with Crippen LogP contribution >= 0.6 is 0 Å². The molecule has 4 atom stereocenters. The fourth-order valence-electron chi connectivity index (χ4n) is 2.25. The van der Waals surface area contributed by atoms with Crippen molar-refractivity contribution >= 4 is 5.71 Å². The molecule has 1 saturated carbocycles. The number of hydrogen-bond acceptors (Lipinski definition) is 4. The van der Waals surface area contributed by atoms with Gasteiger partial charge in [-0.25, -0.2) is 0 Å². The van der Waals surface area contributed by atoms with Crippen LogP contribution in [0.2, 0.25) is 0 Å². The standard InChI is InChI=1S/C7H9N3O/c1-3-6-4-2-5(9-8-4)7(6)11-10-3/h4-7H,2H2,1H3. The third-order valence-electron chi connectivity index (χ3n) is 2.79. The summed E-state index contributed by atoms with van der Waals surface area (Å²) in [5.41, 5.74) is 1.10. The number of rotatable bonds is 0. The van der Waals surface area contributed by atoms with Crippen molar-refractivity contribution < 1.29 is 4.84 Å². The van der Waals surface area contributed by atoms with Crippen molar-refractivity contribution in [1.82, 2.24) is 0 Å². The maximum Gasteiger partial charge on any atom is 0.161 e. The van der Waals surface area contributed by atoms with Crippen molar-refractivity contribution in [3.8, 4) is 0 Å². The number of hydrogen-bond donors (Lipinski definition) is 0. The molecule has 0 aromatic carbocycles. The molecule has 4 unspecified atom stereocenters. The number of oxime groups is 1. The zero-order valence-corrected chi connectivity index (χ0v) is 6.27. The molecule has 3 rings (SSSR count). The Bertz CT molecular complexity index is 260. The first-order valence-corrected chi connectivity index (χ1v) is 3.96. The van der Waals surface area contributed by atoms with E-state index in [1.54, 1.807) is 0 Å². The fraction of sp³-hybridized carbons (Fsp3) is 0.857. The van der Waals surface area contributed by atoms with Gasteiger partial charge in [-0.2, -0.15) is 10.2 Å². The molecule has 58 valence electrons. The Morgan fingerprint density at radius 1 is 1.36 bits per heavy atom. The molecule has 2 aliphatic heterocycles. The van der Waals surface area contributed by atoms with Gasteiger partial charge in [0.2, 0.25) is 0 Å². The Labute approximate surface area is 64.3 Å². The Morgan fingerprint density at radius 2 is 2.18 bits per heavy atom. The molecule has 0 aromatic heterocycles. The predicted molar refractivity (Wildman–Crippen MR) is 38.5 cm³/mol. The lowest BCUT2D eigenvalue weighted by molar-refractivity contribution is 0.0566. The van der Waals surface area contributed by atoms with Crippen LogP contribution in [0.25, 0.3) is 0 Å². The SMILES string of the molecule is CC1=NOC2C3CC(N=N3)C12. The van der Waals surface area contributed by atoms with Crippen molar-refractivity contribution in [3.05, 3.63) is 0 Å². The summed E-state index contributed by atoms with van der Waals surface area (Å²) in [5, 5.41) is 12.2. The van der Waals surface area contributed by atoms with Crippen molar-refractivity contribution in [3.63, 3.8) is 0 Å². The molecule has 0 saturated heterocycles. The Hall–Kier alpha value is -0.930. The first-order valence-electron chi connectivity index (χ1n) is 3.96. The maximum atomic E-state index is 5.26. The minimum atomic E-state index is 0.220. The van der Waals surface area contributed by atoms with Crippen LogP contribution in [0, 0.1) is 5.92 Å². The molecule has 0 amide bonds. The van der Waals surface area contributed by atoms with E-state index in [-0.39, 0.29) is 6.10 Å². The van der Waals surface area contributed by atoms with Gasteiger partial charge in [0, 0.05) is 6.42 Å². The van der Waals surface area contributed by atoms with Crippen LogP contribution in [0.5, 0.6) is 0 Å². The number of nitrogens with zero attached hydrogens (tertiary/aromatic N) is 3. The second-order valence-corrected chi connectivity index (χ2v) is 3.43. The molecular formula is C7H9N3O. The Kier molecular flexibility index (Phi) is 0.840. The van der Waals surface area contributed by atoms with Crippen LogP contribution in [0.15, 0.2) is 15.4 Å². The summed E-state index contributed by atoms with van der Waals surface area (Å²) >= 11 is 0. The first-order chi connectivity index (χ1) is 5.36. The van der Waals surface area contributed by atoms with E-state index < -0.39 is 0 Å². The maximum absolute atomic E-state index is 5.26. The summed E-state index contributed by atoms with van der Waals surface area (Å²) in [6.07, 6.45) is 1.29. The van der Waals surface area contributed by atoms with Gasteiger partial charge in [-0.05, 0) is 6.92 Å². The van der Waals surface area contributed by atoms with E-state index in [0.717, 1.165) is 12.1 Å². The van der Waals surface area contributed by atoms with Crippen molar-refractivity contribution in [2.24, 2.45) is 21.3 Å². The number of azo groups is 1. The molecular weight excluding hydrogens is 142 g/mol. The lowest BCUT2D eigenvalue weighted by Gasteiger charge is -2.15. The summed E-state index contributed by atoms with van der Waals surface area (Å²) in [7, 11) is 0. The first kappa shape index (κ1) is 5.69. The van der Waals surface area contributed by atoms with E-state index in [1.165, 1.54) is 0 Å². The largest absolute Gasteiger partial charge is 0.389 e. The summed E-state index contributed by atoms with van der Waals surface area (Å²) in [6.45, 7) is 2.01. The minimum Gasteiger partial charge on any atom is -0.389 e. The molecule has 4 nitrogen and oxygen atoms in total. The molecule has 2 heterocycles. The minimum absolute atomic E-state index is 0.220. The second kappa shape index (κ2) is 1.62. The summed E-state index contributed by atoms with van der Waals surface area (Å²) in [4.78, 5) is 5.26. The predicted octanol–water partition coefficient (Wildman–Crippen LogP) is 0.984. The van der Waals surface area contributed by atoms with Crippen molar-refractivity contribution in [1.29, 1.82) is 0 Å². The summed E-state index contributed by atoms with van der Waals surface area (Å²) in [6, 6.07) is 0.669. The van der Waals surface area contributed by atoms with Crippen LogP contribution in [0.4, 0.5) is 0 Å². The molecule has 3 aliphatic rings. The van der Waals surface area contributed by atoms with Gasteiger partial charge in [0.05, 0.1) is 17.7 Å². The van der Waals surface area contributed by atoms with E-state index in [1.807, 2.05) is 6.92 Å². The summed E-state index contributed by atoms with van der Waals surface area (Å²) < 4.78 is 0. The van der Waals surface area contributed by atoms with Crippen molar-refractivity contribution in [2.45, 2.75) is 31.5 Å². The average molecular weight is 151 g/mol. The smallest absolute Gasteiger partial charge is 0.161 e. The van der Waals surface area contributed by atoms with Crippen LogP contribution in [-0.2, 0) is 4.84 Å². The normalized spacial score (nSPS) is 50.8. The fourth-order valence-corrected chi connectivity index (χ4v) is 2.25. The highest BCUT2D eigenvalue weighted by molar-refractivity contribution is 5.87. The lowest BCUT2D eigenvalue weighted by Crippen LogP contribution is -2.29. The van der Waals surface area contributed by atoms with Gasteiger partial charge >= 0.3 is 0 Å². The van der Waals surface area contributed by atoms with Crippen LogP contribution < -0.4 is 0 Å². The topological polar surface area (TPSA) is 46.3 Å². The molecule has 4 heteroatoms. The van der Waals surface area contributed by atoms with Gasteiger partial charge in [0.1, 0.15) is 6.04 Å². The van der Waals surface area contributed by atoms with Gasteiger partial charge in [0.25, 0.3) is 0 Å². The molecule has 0 aromatic rings. The van der Waals surface area contributed by atoms with E-state index in [9.17, 15) is 0 Å². The second-order valence-electron chi connectivity index (χ2n) is 3.43. The monoisotopic (exact) mass is 151 g/mol. The zero-order valence-electron chi connectivity index (χ0n) is 6.27. The third-order valence-corrected chi connectivity index (χ3v) is 2.79. The van der Waals surface area contributed by atoms with E-state index >= 15 is 0 Å². The molecule has 1 aliphatic carbocycles. The van der Waals surface area contributed by atoms with Gasteiger partial charge in [0.15, 0.2) is 6.10 Å². The van der Waals surface area contributed by atoms with Crippen LogP contribution in [0.1, 0.15) is 13.3 Å². The third kappa shape index (κ3) is 0.536. The van der Waals surface area contributed by atoms with Gasteiger partial charge in [-0.3, -0.25) is 0 Å². The highest BCUT2D eigenvalue weighted by Crippen LogP contribution is 2.42. The number of fused-ring (bicyclic) bond motifs is 5. The van der Waals surface area contributed by atoms with E-state index in [4.69, 9.17) is 4.84 Å². The van der Waals surface area contributed by atoms with Gasteiger partial charge in [-0.1, -0.05) is 5.16 Å². The van der Waals surface area contributed by atoms with Crippen LogP contribution in [-0.4, -0.2) is 23.9 Å². The Morgan fingerprint density at radius 3 is 3.00 bits per heavy atom. The highest BCUT2D eigenvalue weighted by Gasteiger charge is 2.53. The van der Waals surface area contributed by atoms with Gasteiger partial charge < -0.3 is 4.84 Å². The molecule has 0 spiro atoms. The van der Waals surface area contributed by atoms with Crippen LogP contribution in [0.3, 0.4) is 0 Å². The van der Waals surface area contributed by atoms with E-state index in [2.05, 4.69) is 15.4 Å². The zero-order chi connectivity index (χ0) is 7.42. The molecule has 0 radical (unpaired) electrons. The highest BCUT2D eigenvalue weighted by atomic mass is 16.6. The van der Waals surface area contributed by atoms with E-state index in [0.29, 0.717) is 18.0 Å². The van der Waals surface area contributed by atoms with Gasteiger partial charge in [-0.15, -0.1) is 0 Å². The Balaban J connectivity index is 2.03.